The number of nitrogens with one attached hydrogen (secondary N) is 1. The highest BCUT2D eigenvalue weighted by atomic mass is 16.5. The van der Waals surface area contributed by atoms with Gasteiger partial charge in [-0.2, -0.15) is 0 Å². The van der Waals surface area contributed by atoms with Crippen LogP contribution in [-0.2, 0) is 6.54 Å². The molecule has 3 aromatic heterocycles. The Morgan fingerprint density at radius 3 is 2.79 bits per heavy atom. The van der Waals surface area contributed by atoms with Crippen LogP contribution in [0.1, 0.15) is 21.5 Å². The molecule has 0 bridgehead atoms. The van der Waals surface area contributed by atoms with E-state index in [9.17, 15) is 4.79 Å². The Labute approximate surface area is 190 Å². The van der Waals surface area contributed by atoms with Crippen LogP contribution in [0, 0.1) is 6.92 Å². The van der Waals surface area contributed by atoms with Gasteiger partial charge < -0.3 is 19.2 Å². The van der Waals surface area contributed by atoms with Crippen molar-refractivity contribution in [3.63, 3.8) is 0 Å². The van der Waals surface area contributed by atoms with E-state index in [2.05, 4.69) is 15.3 Å². The highest BCUT2D eigenvalue weighted by molar-refractivity contribution is 5.96. The van der Waals surface area contributed by atoms with Crippen molar-refractivity contribution in [2.75, 3.05) is 7.11 Å². The fraction of sp³-hybridized carbons (Fsp3) is 0.115. The Hall–Kier alpha value is -4.39. The quantitative estimate of drug-likeness (QED) is 0.407. The summed E-state index contributed by atoms with van der Waals surface area (Å²) >= 11 is 0. The summed E-state index contributed by atoms with van der Waals surface area (Å²) in [6.45, 7) is 2.29. The van der Waals surface area contributed by atoms with Crippen LogP contribution < -0.4 is 14.8 Å². The standard InChI is InChI=1S/C26H22N4O3/c1-17-20(26(31)29-16-18-9-12-30-13-11-28-25(30)14-18)4-3-5-23(17)33-24-8-10-27-22-15-19(32-2)6-7-21(22)24/h3-15H,16H2,1-2H3,(H,29,31). The first kappa shape index (κ1) is 20.5. The van der Waals surface area contributed by atoms with E-state index >= 15 is 0 Å². The largest absolute Gasteiger partial charge is 0.497 e. The average molecular weight is 438 g/mol. The molecule has 0 spiro atoms. The minimum atomic E-state index is -0.162. The SMILES string of the molecule is COc1ccc2c(Oc3cccc(C(=O)NCc4ccn5ccnc5c4)c3C)ccnc2c1. The van der Waals surface area contributed by atoms with Crippen LogP contribution in [0.5, 0.6) is 17.2 Å². The van der Waals surface area contributed by atoms with Crippen molar-refractivity contribution in [1.82, 2.24) is 19.7 Å². The number of ether oxygens (including phenoxy) is 2. The van der Waals surface area contributed by atoms with Crippen molar-refractivity contribution in [2.24, 2.45) is 0 Å². The average Bonchev–Trinajstić information content (AvgIpc) is 3.31. The number of benzene rings is 2. The first-order valence-corrected chi connectivity index (χ1v) is 10.5. The summed E-state index contributed by atoms with van der Waals surface area (Å²) < 4.78 is 13.4. The number of imidazole rings is 1. The molecule has 0 radical (unpaired) electrons. The van der Waals surface area contributed by atoms with Crippen LogP contribution in [0.15, 0.2) is 79.4 Å². The van der Waals surface area contributed by atoms with E-state index < -0.39 is 0 Å². The first-order chi connectivity index (χ1) is 16.1. The second kappa shape index (κ2) is 8.63. The molecule has 3 heterocycles. The fourth-order valence-electron chi connectivity index (χ4n) is 3.75. The molecule has 33 heavy (non-hydrogen) atoms. The van der Waals surface area contributed by atoms with Crippen LogP contribution in [0.4, 0.5) is 0 Å². The fourth-order valence-corrected chi connectivity index (χ4v) is 3.75. The Morgan fingerprint density at radius 1 is 1.00 bits per heavy atom. The van der Waals surface area contributed by atoms with E-state index in [1.807, 2.05) is 72.2 Å². The third kappa shape index (κ3) is 4.08. The maximum atomic E-state index is 12.9. The highest BCUT2D eigenvalue weighted by Crippen LogP contribution is 2.33. The lowest BCUT2D eigenvalue weighted by molar-refractivity contribution is 0.0950. The number of methoxy groups -OCH3 is 1. The van der Waals surface area contributed by atoms with Gasteiger partial charge in [0.1, 0.15) is 22.9 Å². The Balaban J connectivity index is 1.36. The second-order valence-electron chi connectivity index (χ2n) is 7.63. The Kier molecular flexibility index (Phi) is 5.36. The number of aromatic nitrogens is 3. The van der Waals surface area contributed by atoms with Gasteiger partial charge in [-0.05, 0) is 55.0 Å². The van der Waals surface area contributed by atoms with Crippen LogP contribution in [0.25, 0.3) is 16.6 Å². The topological polar surface area (TPSA) is 77.8 Å². The molecule has 0 saturated carbocycles. The van der Waals surface area contributed by atoms with Crippen LogP contribution in [0.3, 0.4) is 0 Å². The van der Waals surface area contributed by atoms with Crippen LogP contribution >= 0.6 is 0 Å². The monoisotopic (exact) mass is 438 g/mol. The minimum Gasteiger partial charge on any atom is -0.497 e. The number of nitrogens with zero attached hydrogens (tertiary/aromatic N) is 3. The van der Waals surface area contributed by atoms with Gasteiger partial charge in [0, 0.05) is 53.9 Å². The summed E-state index contributed by atoms with van der Waals surface area (Å²) in [5.41, 5.74) is 3.92. The number of fused-ring (bicyclic) bond motifs is 2. The molecule has 7 heteroatoms. The third-order valence-corrected chi connectivity index (χ3v) is 5.57. The number of pyridine rings is 2. The van der Waals surface area contributed by atoms with Gasteiger partial charge in [-0.15, -0.1) is 0 Å². The van der Waals surface area contributed by atoms with E-state index in [-0.39, 0.29) is 5.91 Å². The lowest BCUT2D eigenvalue weighted by Crippen LogP contribution is -2.23. The number of hydrogen-bond acceptors (Lipinski definition) is 5. The third-order valence-electron chi connectivity index (χ3n) is 5.57. The molecule has 0 aliphatic carbocycles. The van der Waals surface area contributed by atoms with Crippen molar-refractivity contribution in [3.05, 3.63) is 96.1 Å². The van der Waals surface area contributed by atoms with Crippen LogP contribution in [-0.4, -0.2) is 27.4 Å². The minimum absolute atomic E-state index is 0.162. The summed E-state index contributed by atoms with van der Waals surface area (Å²) in [7, 11) is 1.62. The van der Waals surface area contributed by atoms with Crippen molar-refractivity contribution >= 4 is 22.5 Å². The smallest absolute Gasteiger partial charge is 0.251 e. The van der Waals surface area contributed by atoms with E-state index in [1.54, 1.807) is 25.6 Å². The van der Waals surface area contributed by atoms with Gasteiger partial charge >= 0.3 is 0 Å². The van der Waals surface area contributed by atoms with Crippen molar-refractivity contribution in [3.8, 4) is 17.2 Å². The Bertz CT molecular complexity index is 1480. The van der Waals surface area contributed by atoms with Gasteiger partial charge in [0.2, 0.25) is 0 Å². The molecule has 0 atom stereocenters. The molecular weight excluding hydrogens is 416 g/mol. The molecule has 7 nitrogen and oxygen atoms in total. The number of carbonyl (C=O) groups is 1. The van der Waals surface area contributed by atoms with Gasteiger partial charge in [-0.1, -0.05) is 6.07 Å². The number of rotatable bonds is 6. The van der Waals surface area contributed by atoms with Crippen LogP contribution in [0.2, 0.25) is 0 Å². The molecule has 1 N–H and O–H groups in total. The summed E-state index contributed by atoms with van der Waals surface area (Å²) in [6, 6.07) is 16.8. The molecular formula is C26H22N4O3. The predicted molar refractivity (Wildman–Crippen MR) is 126 cm³/mol. The highest BCUT2D eigenvalue weighted by Gasteiger charge is 2.14. The summed E-state index contributed by atoms with van der Waals surface area (Å²) in [5, 5.41) is 3.85. The molecule has 164 valence electrons. The molecule has 0 fully saturated rings. The van der Waals surface area contributed by atoms with E-state index in [1.165, 1.54) is 0 Å². The maximum absolute atomic E-state index is 12.9. The summed E-state index contributed by atoms with van der Waals surface area (Å²) in [5.74, 6) is 1.85. The lowest BCUT2D eigenvalue weighted by atomic mass is 10.1. The zero-order valence-electron chi connectivity index (χ0n) is 18.3. The van der Waals surface area contributed by atoms with E-state index in [0.717, 1.165) is 33.4 Å². The number of amides is 1. The molecule has 2 aromatic carbocycles. The van der Waals surface area contributed by atoms with E-state index in [0.29, 0.717) is 23.6 Å². The maximum Gasteiger partial charge on any atom is 0.251 e. The van der Waals surface area contributed by atoms with Gasteiger partial charge in [-0.25, -0.2) is 4.98 Å². The van der Waals surface area contributed by atoms with Crippen molar-refractivity contribution in [1.29, 1.82) is 0 Å². The Morgan fingerprint density at radius 2 is 1.91 bits per heavy atom. The first-order valence-electron chi connectivity index (χ1n) is 10.5. The molecule has 5 rings (SSSR count). The zero-order valence-corrected chi connectivity index (χ0v) is 18.3. The van der Waals surface area contributed by atoms with Gasteiger partial charge in [0.15, 0.2) is 0 Å². The molecule has 1 amide bonds. The van der Waals surface area contributed by atoms with Gasteiger partial charge in [0.25, 0.3) is 5.91 Å². The normalized spacial score (nSPS) is 11.0. The van der Waals surface area contributed by atoms with Gasteiger partial charge in [-0.3, -0.25) is 9.78 Å². The lowest BCUT2D eigenvalue weighted by Gasteiger charge is -2.14. The predicted octanol–water partition coefficient (Wildman–Crippen LogP) is 4.92. The molecule has 0 saturated heterocycles. The summed E-state index contributed by atoms with van der Waals surface area (Å²) in [6.07, 6.45) is 7.25. The van der Waals surface area contributed by atoms with Crippen molar-refractivity contribution < 1.29 is 14.3 Å². The van der Waals surface area contributed by atoms with Gasteiger partial charge in [0.05, 0.1) is 12.6 Å². The summed E-state index contributed by atoms with van der Waals surface area (Å²) in [4.78, 5) is 21.6. The van der Waals surface area contributed by atoms with E-state index in [4.69, 9.17) is 9.47 Å². The molecule has 0 aliphatic rings. The molecule has 5 aromatic rings. The molecule has 0 aliphatic heterocycles. The number of carbonyl (C=O) groups excluding carboxylic acids is 1. The van der Waals surface area contributed by atoms with Crippen molar-refractivity contribution in [2.45, 2.75) is 13.5 Å². The molecule has 0 unspecified atom stereocenters. The number of hydrogen-bond donors (Lipinski definition) is 1. The zero-order chi connectivity index (χ0) is 22.8. The second-order valence-corrected chi connectivity index (χ2v) is 7.63.